The molecule has 0 saturated heterocycles. The number of nitrogens with one attached hydrogen (secondary N) is 2. The van der Waals surface area contributed by atoms with E-state index in [1.54, 1.807) is 24.3 Å². The maximum Gasteiger partial charge on any atom is 0.387 e. The Hall–Kier alpha value is -2.70. The molecule has 0 unspecified atom stereocenters. The van der Waals surface area contributed by atoms with Crippen LogP contribution in [-0.2, 0) is 13.1 Å². The smallest absolute Gasteiger partial charge is 0.387 e. The second-order valence-electron chi connectivity index (χ2n) is 5.20. The van der Waals surface area contributed by atoms with Crippen LogP contribution in [-0.4, -0.2) is 19.1 Å². The first-order chi connectivity index (χ1) is 12.1. The summed E-state index contributed by atoms with van der Waals surface area (Å²) >= 11 is 0. The Morgan fingerprint density at radius 3 is 2.52 bits per heavy atom. The van der Waals surface area contributed by atoms with E-state index in [0.717, 1.165) is 11.1 Å². The number of guanidine groups is 1. The molecule has 2 rings (SSSR count). The molecule has 0 aliphatic heterocycles. The van der Waals surface area contributed by atoms with Crippen LogP contribution in [0.5, 0.6) is 5.75 Å². The van der Waals surface area contributed by atoms with Gasteiger partial charge in [0.25, 0.3) is 0 Å². The number of hydrogen-bond acceptors (Lipinski definition) is 2. The summed E-state index contributed by atoms with van der Waals surface area (Å²) in [5.74, 6) is 0.397. The van der Waals surface area contributed by atoms with Gasteiger partial charge in [0.15, 0.2) is 5.96 Å². The minimum absolute atomic E-state index is 0.104. The SMILES string of the molecule is CCNC(=NCc1cccc(OC(F)F)c1)NCc1ccc(F)cc1. The zero-order valence-corrected chi connectivity index (χ0v) is 13.8. The Morgan fingerprint density at radius 1 is 1.08 bits per heavy atom. The van der Waals surface area contributed by atoms with E-state index in [2.05, 4.69) is 20.4 Å². The van der Waals surface area contributed by atoms with E-state index in [0.29, 0.717) is 25.6 Å². The van der Waals surface area contributed by atoms with Gasteiger partial charge >= 0.3 is 6.61 Å². The van der Waals surface area contributed by atoms with Gasteiger partial charge in [-0.2, -0.15) is 8.78 Å². The van der Waals surface area contributed by atoms with E-state index in [4.69, 9.17) is 0 Å². The molecule has 0 amide bonds. The van der Waals surface area contributed by atoms with Gasteiger partial charge in [-0.1, -0.05) is 24.3 Å². The fourth-order valence-electron chi connectivity index (χ4n) is 2.12. The molecule has 0 heterocycles. The average Bonchev–Trinajstić information content (AvgIpc) is 2.58. The minimum atomic E-state index is -2.85. The van der Waals surface area contributed by atoms with Crippen molar-refractivity contribution in [1.82, 2.24) is 10.6 Å². The average molecular weight is 351 g/mol. The van der Waals surface area contributed by atoms with E-state index in [1.807, 2.05) is 6.92 Å². The molecular weight excluding hydrogens is 331 g/mol. The van der Waals surface area contributed by atoms with Gasteiger partial charge < -0.3 is 15.4 Å². The third-order valence-electron chi connectivity index (χ3n) is 3.26. The van der Waals surface area contributed by atoms with Crippen molar-refractivity contribution in [3.05, 3.63) is 65.5 Å². The topological polar surface area (TPSA) is 45.7 Å². The Kier molecular flexibility index (Phi) is 7.13. The van der Waals surface area contributed by atoms with Gasteiger partial charge in [-0.05, 0) is 42.3 Å². The maximum absolute atomic E-state index is 12.9. The van der Waals surface area contributed by atoms with Gasteiger partial charge in [-0.25, -0.2) is 9.38 Å². The summed E-state index contributed by atoms with van der Waals surface area (Å²) in [5.41, 5.74) is 1.66. The summed E-state index contributed by atoms with van der Waals surface area (Å²) in [5, 5.41) is 6.23. The van der Waals surface area contributed by atoms with Crippen LogP contribution in [0.1, 0.15) is 18.1 Å². The molecule has 2 aromatic carbocycles. The number of nitrogens with zero attached hydrogens (tertiary/aromatic N) is 1. The van der Waals surface area contributed by atoms with E-state index >= 15 is 0 Å². The fraction of sp³-hybridized carbons (Fsp3) is 0.278. The Morgan fingerprint density at radius 2 is 1.84 bits per heavy atom. The zero-order chi connectivity index (χ0) is 18.1. The molecule has 0 bridgehead atoms. The Labute approximate surface area is 144 Å². The van der Waals surface area contributed by atoms with Crippen molar-refractivity contribution in [3.8, 4) is 5.75 Å². The molecule has 0 saturated carbocycles. The third-order valence-corrected chi connectivity index (χ3v) is 3.26. The lowest BCUT2D eigenvalue weighted by atomic mass is 10.2. The molecule has 0 aromatic heterocycles. The predicted octanol–water partition coefficient (Wildman–Crippen LogP) is 3.68. The van der Waals surface area contributed by atoms with Gasteiger partial charge in [0.1, 0.15) is 11.6 Å². The first-order valence-corrected chi connectivity index (χ1v) is 7.87. The Balaban J connectivity index is 1.97. The van der Waals surface area contributed by atoms with Crippen molar-refractivity contribution in [2.24, 2.45) is 4.99 Å². The number of hydrogen-bond donors (Lipinski definition) is 2. The first-order valence-electron chi connectivity index (χ1n) is 7.87. The monoisotopic (exact) mass is 351 g/mol. The number of halogens is 3. The van der Waals surface area contributed by atoms with Gasteiger partial charge in [-0.3, -0.25) is 0 Å². The molecule has 0 aliphatic carbocycles. The fourth-order valence-corrected chi connectivity index (χ4v) is 2.12. The van der Waals surface area contributed by atoms with E-state index in [9.17, 15) is 13.2 Å². The third kappa shape index (κ3) is 6.74. The summed E-state index contributed by atoms with van der Waals surface area (Å²) in [4.78, 5) is 4.41. The van der Waals surface area contributed by atoms with Crippen molar-refractivity contribution in [2.45, 2.75) is 26.6 Å². The van der Waals surface area contributed by atoms with Gasteiger partial charge in [0, 0.05) is 13.1 Å². The predicted molar refractivity (Wildman–Crippen MR) is 91.1 cm³/mol. The summed E-state index contributed by atoms with van der Waals surface area (Å²) < 4.78 is 41.8. The quantitative estimate of drug-likeness (QED) is 0.591. The highest BCUT2D eigenvalue weighted by Gasteiger charge is 2.05. The van der Waals surface area contributed by atoms with Crippen molar-refractivity contribution >= 4 is 5.96 Å². The van der Waals surface area contributed by atoms with Crippen LogP contribution in [0.3, 0.4) is 0 Å². The summed E-state index contributed by atoms with van der Waals surface area (Å²) in [6, 6.07) is 12.6. The number of aliphatic imine (C=N–C) groups is 1. The highest BCUT2D eigenvalue weighted by atomic mass is 19.3. The zero-order valence-electron chi connectivity index (χ0n) is 13.8. The molecule has 2 N–H and O–H groups in total. The lowest BCUT2D eigenvalue weighted by molar-refractivity contribution is -0.0498. The Bertz CT molecular complexity index is 690. The van der Waals surface area contributed by atoms with Gasteiger partial charge in [0.05, 0.1) is 6.54 Å². The van der Waals surface area contributed by atoms with Crippen LogP contribution in [0.2, 0.25) is 0 Å². The van der Waals surface area contributed by atoms with E-state index in [-0.39, 0.29) is 11.6 Å². The van der Waals surface area contributed by atoms with Crippen LogP contribution >= 0.6 is 0 Å². The standard InChI is InChI=1S/C18H20F3N3O/c1-2-22-18(23-11-13-6-8-15(19)9-7-13)24-12-14-4-3-5-16(10-14)25-17(20)21/h3-10,17H,2,11-12H2,1H3,(H2,22,23,24). The number of alkyl halides is 2. The lowest BCUT2D eigenvalue weighted by Crippen LogP contribution is -2.36. The van der Waals surface area contributed by atoms with Crippen LogP contribution in [0.25, 0.3) is 0 Å². The van der Waals surface area contributed by atoms with Crippen molar-refractivity contribution in [3.63, 3.8) is 0 Å². The van der Waals surface area contributed by atoms with E-state index in [1.165, 1.54) is 24.3 Å². The van der Waals surface area contributed by atoms with Crippen LogP contribution in [0.15, 0.2) is 53.5 Å². The molecule has 0 fully saturated rings. The highest BCUT2D eigenvalue weighted by Crippen LogP contribution is 2.16. The molecule has 0 atom stereocenters. The molecule has 4 nitrogen and oxygen atoms in total. The molecule has 134 valence electrons. The van der Waals surface area contributed by atoms with Crippen molar-refractivity contribution in [1.29, 1.82) is 0 Å². The highest BCUT2D eigenvalue weighted by molar-refractivity contribution is 5.79. The molecule has 0 spiro atoms. The van der Waals surface area contributed by atoms with Crippen molar-refractivity contribution in [2.75, 3.05) is 6.54 Å². The molecule has 7 heteroatoms. The summed E-state index contributed by atoms with van der Waals surface area (Å²) in [7, 11) is 0. The van der Waals surface area contributed by atoms with Crippen molar-refractivity contribution < 1.29 is 17.9 Å². The molecule has 25 heavy (non-hydrogen) atoms. The number of benzene rings is 2. The van der Waals surface area contributed by atoms with Crippen LogP contribution < -0.4 is 15.4 Å². The normalized spacial score (nSPS) is 11.5. The second-order valence-corrected chi connectivity index (χ2v) is 5.20. The molecule has 0 radical (unpaired) electrons. The summed E-state index contributed by atoms with van der Waals surface area (Å²) in [6.07, 6.45) is 0. The van der Waals surface area contributed by atoms with Crippen LogP contribution in [0.4, 0.5) is 13.2 Å². The summed E-state index contributed by atoms with van der Waals surface area (Å²) in [6.45, 7) is 0.545. The van der Waals surface area contributed by atoms with Gasteiger partial charge in [-0.15, -0.1) is 0 Å². The van der Waals surface area contributed by atoms with Crippen LogP contribution in [0, 0.1) is 5.82 Å². The van der Waals surface area contributed by atoms with Gasteiger partial charge in [0.2, 0.25) is 0 Å². The lowest BCUT2D eigenvalue weighted by Gasteiger charge is -2.12. The second kappa shape index (κ2) is 9.56. The molecule has 0 aliphatic rings. The largest absolute Gasteiger partial charge is 0.435 e. The minimum Gasteiger partial charge on any atom is -0.435 e. The maximum atomic E-state index is 12.9. The number of ether oxygens (including phenoxy) is 1. The first kappa shape index (κ1) is 18.6. The molecular formula is C18H20F3N3O. The number of rotatable bonds is 7. The molecule has 2 aromatic rings. The van der Waals surface area contributed by atoms with E-state index < -0.39 is 6.61 Å².